The first-order chi connectivity index (χ1) is 12.1. The summed E-state index contributed by atoms with van der Waals surface area (Å²) in [6.07, 6.45) is 1.50. The topological polar surface area (TPSA) is 63.0 Å². The van der Waals surface area contributed by atoms with Gasteiger partial charge in [0, 0.05) is 26.2 Å². The number of benzene rings is 1. The van der Waals surface area contributed by atoms with Crippen molar-refractivity contribution in [3.8, 4) is 5.75 Å². The van der Waals surface area contributed by atoms with Crippen molar-refractivity contribution in [2.45, 2.75) is 6.92 Å². The number of hydrogen-bond donors (Lipinski definition) is 0. The lowest BCUT2D eigenvalue weighted by Gasteiger charge is -2.34. The molecule has 25 heavy (non-hydrogen) atoms. The zero-order valence-electron chi connectivity index (χ0n) is 14.3. The van der Waals surface area contributed by atoms with Crippen molar-refractivity contribution in [1.29, 1.82) is 0 Å². The van der Waals surface area contributed by atoms with Gasteiger partial charge in [-0.2, -0.15) is 0 Å². The summed E-state index contributed by atoms with van der Waals surface area (Å²) in [5.41, 5.74) is 1.01. The highest BCUT2D eigenvalue weighted by molar-refractivity contribution is 5.95. The molecule has 6 heteroatoms. The van der Waals surface area contributed by atoms with E-state index in [4.69, 9.17) is 9.15 Å². The molecule has 1 aliphatic heterocycles. The smallest absolute Gasteiger partial charge is 0.260 e. The minimum absolute atomic E-state index is 0.0275. The van der Waals surface area contributed by atoms with Crippen LogP contribution in [0.5, 0.6) is 5.75 Å². The van der Waals surface area contributed by atoms with Crippen LogP contribution < -0.4 is 4.74 Å². The van der Waals surface area contributed by atoms with E-state index in [1.54, 1.807) is 17.0 Å². The van der Waals surface area contributed by atoms with Gasteiger partial charge >= 0.3 is 0 Å². The molecule has 2 aromatic rings. The van der Waals surface area contributed by atoms with E-state index in [0.29, 0.717) is 38.5 Å². The molecule has 0 N–H and O–H groups in total. The molecule has 0 radical (unpaired) electrons. The molecule has 0 atom stereocenters. The van der Waals surface area contributed by atoms with Crippen LogP contribution in [0.15, 0.2) is 47.1 Å². The third-order valence-electron chi connectivity index (χ3n) is 4.33. The van der Waals surface area contributed by atoms with Crippen LogP contribution >= 0.6 is 0 Å². The molecular formula is C19H22N2O4. The van der Waals surface area contributed by atoms with E-state index in [1.807, 2.05) is 36.1 Å². The zero-order valence-corrected chi connectivity index (χ0v) is 14.3. The van der Waals surface area contributed by atoms with Crippen LogP contribution in [0, 0.1) is 6.92 Å². The predicted molar refractivity (Wildman–Crippen MR) is 92.7 cm³/mol. The van der Waals surface area contributed by atoms with E-state index in [-0.39, 0.29) is 18.3 Å². The van der Waals surface area contributed by atoms with Gasteiger partial charge in [-0.1, -0.05) is 18.2 Å². The van der Waals surface area contributed by atoms with E-state index in [9.17, 15) is 9.59 Å². The number of hydrogen-bond acceptors (Lipinski definition) is 5. The fourth-order valence-corrected chi connectivity index (χ4v) is 2.82. The van der Waals surface area contributed by atoms with Crippen molar-refractivity contribution in [3.63, 3.8) is 0 Å². The van der Waals surface area contributed by atoms with Crippen LogP contribution in [0.3, 0.4) is 0 Å². The van der Waals surface area contributed by atoms with Crippen LogP contribution in [0.4, 0.5) is 0 Å². The number of furan rings is 1. The average Bonchev–Trinajstić information content (AvgIpc) is 3.16. The highest BCUT2D eigenvalue weighted by Gasteiger charge is 2.23. The molecule has 2 heterocycles. The van der Waals surface area contributed by atoms with Crippen molar-refractivity contribution in [2.24, 2.45) is 0 Å². The van der Waals surface area contributed by atoms with Gasteiger partial charge in [-0.3, -0.25) is 14.5 Å². The van der Waals surface area contributed by atoms with Gasteiger partial charge in [0.15, 0.2) is 12.4 Å². The van der Waals surface area contributed by atoms with Crippen molar-refractivity contribution < 1.29 is 18.7 Å². The fraction of sp³-hybridized carbons (Fsp3) is 0.368. The molecular weight excluding hydrogens is 320 g/mol. The second-order valence-electron chi connectivity index (χ2n) is 6.11. The first kappa shape index (κ1) is 17.2. The Hall–Kier alpha value is -2.60. The van der Waals surface area contributed by atoms with E-state index < -0.39 is 0 Å². The Morgan fingerprint density at radius 1 is 1.08 bits per heavy atom. The first-order valence-corrected chi connectivity index (χ1v) is 8.39. The highest BCUT2D eigenvalue weighted by Crippen LogP contribution is 2.16. The molecule has 0 aliphatic carbocycles. The molecule has 1 aromatic carbocycles. The number of piperazine rings is 1. The third-order valence-corrected chi connectivity index (χ3v) is 4.33. The second-order valence-corrected chi connectivity index (χ2v) is 6.11. The number of carbonyl (C=O) groups is 2. The lowest BCUT2D eigenvalue weighted by molar-refractivity contribution is -0.135. The maximum absolute atomic E-state index is 12.3. The second kappa shape index (κ2) is 7.98. The number of aryl methyl sites for hydroxylation is 1. The quantitative estimate of drug-likeness (QED) is 0.752. The van der Waals surface area contributed by atoms with Gasteiger partial charge in [0.1, 0.15) is 5.75 Å². The van der Waals surface area contributed by atoms with Crippen molar-refractivity contribution in [2.75, 3.05) is 39.3 Å². The zero-order chi connectivity index (χ0) is 17.6. The highest BCUT2D eigenvalue weighted by atomic mass is 16.5. The first-order valence-electron chi connectivity index (χ1n) is 8.39. The van der Waals surface area contributed by atoms with Gasteiger partial charge in [-0.15, -0.1) is 0 Å². The van der Waals surface area contributed by atoms with E-state index in [2.05, 4.69) is 0 Å². The normalized spacial score (nSPS) is 15.2. The van der Waals surface area contributed by atoms with Crippen molar-refractivity contribution >= 4 is 11.7 Å². The standard InChI is InChI=1S/C19H22N2O4/c1-15-5-2-3-6-17(15)25-14-19(23)21-10-8-20(9-11-21)13-16(22)18-7-4-12-24-18/h2-7,12H,8-11,13-14H2,1H3. The molecule has 0 saturated carbocycles. The summed E-state index contributed by atoms with van der Waals surface area (Å²) in [5.74, 6) is 1.05. The van der Waals surface area contributed by atoms with Gasteiger partial charge in [0.2, 0.25) is 5.78 Å². The molecule has 1 fully saturated rings. The summed E-state index contributed by atoms with van der Waals surface area (Å²) in [7, 11) is 0. The summed E-state index contributed by atoms with van der Waals surface area (Å²) in [6.45, 7) is 4.84. The monoisotopic (exact) mass is 342 g/mol. The minimum atomic E-state index is -0.0346. The average molecular weight is 342 g/mol. The van der Waals surface area contributed by atoms with Gasteiger partial charge in [0.05, 0.1) is 12.8 Å². The Kier molecular flexibility index (Phi) is 5.50. The third kappa shape index (κ3) is 4.48. The summed E-state index contributed by atoms with van der Waals surface area (Å²) >= 11 is 0. The molecule has 0 unspecified atom stereocenters. The van der Waals surface area contributed by atoms with Gasteiger partial charge in [-0.05, 0) is 30.7 Å². The molecule has 3 rings (SSSR count). The molecule has 132 valence electrons. The Morgan fingerprint density at radius 3 is 2.52 bits per heavy atom. The molecule has 0 spiro atoms. The van der Waals surface area contributed by atoms with Gasteiger partial charge in [-0.25, -0.2) is 0 Å². The van der Waals surface area contributed by atoms with Crippen molar-refractivity contribution in [1.82, 2.24) is 9.80 Å². The number of ketones is 1. The predicted octanol–water partition coefficient (Wildman–Crippen LogP) is 1.99. The van der Waals surface area contributed by atoms with Crippen LogP contribution in [-0.4, -0.2) is 60.8 Å². The maximum atomic E-state index is 12.3. The van der Waals surface area contributed by atoms with Crippen LogP contribution in [-0.2, 0) is 4.79 Å². The lowest BCUT2D eigenvalue weighted by Crippen LogP contribution is -2.51. The van der Waals surface area contributed by atoms with Gasteiger partial charge < -0.3 is 14.1 Å². The number of ether oxygens (including phenoxy) is 1. The number of para-hydroxylation sites is 1. The molecule has 1 aliphatic rings. The minimum Gasteiger partial charge on any atom is -0.484 e. The number of rotatable bonds is 6. The Balaban J connectivity index is 1.43. The number of amides is 1. The van der Waals surface area contributed by atoms with Crippen LogP contribution in [0.1, 0.15) is 16.1 Å². The Bertz CT molecular complexity index is 719. The van der Waals surface area contributed by atoms with E-state index in [1.165, 1.54) is 6.26 Å². The van der Waals surface area contributed by atoms with E-state index in [0.717, 1.165) is 11.3 Å². The summed E-state index contributed by atoms with van der Waals surface area (Å²) in [4.78, 5) is 28.2. The maximum Gasteiger partial charge on any atom is 0.260 e. The van der Waals surface area contributed by atoms with Crippen molar-refractivity contribution in [3.05, 3.63) is 54.0 Å². The fourth-order valence-electron chi connectivity index (χ4n) is 2.82. The van der Waals surface area contributed by atoms with Crippen LogP contribution in [0.25, 0.3) is 0 Å². The Labute approximate surface area is 147 Å². The largest absolute Gasteiger partial charge is 0.484 e. The molecule has 1 aromatic heterocycles. The van der Waals surface area contributed by atoms with Gasteiger partial charge in [0.25, 0.3) is 5.91 Å². The molecule has 0 bridgehead atoms. The molecule has 1 amide bonds. The summed E-state index contributed by atoms with van der Waals surface area (Å²) in [5, 5.41) is 0. The van der Waals surface area contributed by atoms with E-state index >= 15 is 0 Å². The van der Waals surface area contributed by atoms with Crippen LogP contribution in [0.2, 0.25) is 0 Å². The molecule has 1 saturated heterocycles. The number of Topliss-reactive ketones (excluding diaryl/α,β-unsaturated/α-hetero) is 1. The molecule has 6 nitrogen and oxygen atoms in total. The number of nitrogens with zero attached hydrogens (tertiary/aromatic N) is 2. The SMILES string of the molecule is Cc1ccccc1OCC(=O)N1CCN(CC(=O)c2ccco2)CC1. The Morgan fingerprint density at radius 2 is 1.84 bits per heavy atom. The summed E-state index contributed by atoms with van der Waals surface area (Å²) < 4.78 is 10.7. The summed E-state index contributed by atoms with van der Waals surface area (Å²) in [6, 6.07) is 11.0. The number of carbonyl (C=O) groups excluding carboxylic acids is 2. The lowest BCUT2D eigenvalue weighted by atomic mass is 10.2.